The second kappa shape index (κ2) is 6.20. The van der Waals surface area contributed by atoms with E-state index in [9.17, 15) is 15.0 Å². The molecule has 1 aromatic carbocycles. The van der Waals surface area contributed by atoms with Crippen molar-refractivity contribution < 1.29 is 15.0 Å². The Labute approximate surface area is 111 Å². The predicted molar refractivity (Wildman–Crippen MR) is 72.8 cm³/mol. The van der Waals surface area contributed by atoms with Gasteiger partial charge in [0.2, 0.25) is 0 Å². The van der Waals surface area contributed by atoms with Gasteiger partial charge in [0.15, 0.2) is 11.5 Å². The van der Waals surface area contributed by atoms with Crippen molar-refractivity contribution in [3.8, 4) is 11.5 Å². The van der Waals surface area contributed by atoms with Crippen LogP contribution in [0.25, 0.3) is 0 Å². The summed E-state index contributed by atoms with van der Waals surface area (Å²) >= 11 is 4.77. The molecule has 0 aromatic heterocycles. The summed E-state index contributed by atoms with van der Waals surface area (Å²) < 4.78 is 0. The molecule has 1 amide bonds. The van der Waals surface area contributed by atoms with Crippen molar-refractivity contribution in [2.24, 2.45) is 5.73 Å². The Bertz CT molecular complexity index is 463. The monoisotopic (exact) mass is 268 g/mol. The molecule has 0 heterocycles. The van der Waals surface area contributed by atoms with E-state index in [-0.39, 0.29) is 17.4 Å². The van der Waals surface area contributed by atoms with Crippen LogP contribution in [-0.2, 0) is 0 Å². The fourth-order valence-electron chi connectivity index (χ4n) is 1.49. The van der Waals surface area contributed by atoms with E-state index in [1.807, 2.05) is 6.92 Å². The molecule has 6 heteroatoms. The first-order valence-electron chi connectivity index (χ1n) is 5.55. The van der Waals surface area contributed by atoms with Gasteiger partial charge in [-0.3, -0.25) is 4.79 Å². The zero-order valence-corrected chi connectivity index (χ0v) is 10.9. The van der Waals surface area contributed by atoms with Gasteiger partial charge in [0, 0.05) is 25.1 Å². The van der Waals surface area contributed by atoms with E-state index in [1.165, 1.54) is 18.2 Å². The summed E-state index contributed by atoms with van der Waals surface area (Å²) in [6, 6.07) is 3.98. The van der Waals surface area contributed by atoms with Crippen molar-refractivity contribution in [2.75, 3.05) is 13.1 Å². The summed E-state index contributed by atoms with van der Waals surface area (Å²) in [5, 5.41) is 18.5. The first-order valence-corrected chi connectivity index (χ1v) is 5.96. The number of carbonyl (C=O) groups excluding carboxylic acids is 1. The zero-order valence-electron chi connectivity index (χ0n) is 10.1. The summed E-state index contributed by atoms with van der Waals surface area (Å²) in [4.78, 5) is 14.0. The molecular formula is C12H16N2O3S. The van der Waals surface area contributed by atoms with Gasteiger partial charge in [0.1, 0.15) is 0 Å². The molecule has 18 heavy (non-hydrogen) atoms. The number of nitrogens with two attached hydrogens (primary N) is 1. The maximum atomic E-state index is 12.1. The van der Waals surface area contributed by atoms with E-state index in [2.05, 4.69) is 0 Å². The standard InChI is InChI=1S/C12H16N2O3S/c1-2-14(6-5-11(13)18)12(17)8-3-4-9(15)10(16)7-8/h3-4,7,15-16H,2,5-6H2,1H3,(H2,13,18). The molecule has 0 bridgehead atoms. The van der Waals surface area contributed by atoms with Crippen molar-refractivity contribution >= 4 is 23.1 Å². The number of amides is 1. The minimum atomic E-state index is -0.314. The normalized spacial score (nSPS) is 10.1. The molecule has 5 nitrogen and oxygen atoms in total. The molecule has 1 rings (SSSR count). The highest BCUT2D eigenvalue weighted by atomic mass is 32.1. The van der Waals surface area contributed by atoms with Crippen molar-refractivity contribution in [3.05, 3.63) is 23.8 Å². The maximum absolute atomic E-state index is 12.1. The molecule has 0 aliphatic heterocycles. The van der Waals surface area contributed by atoms with Crippen LogP contribution in [0.1, 0.15) is 23.7 Å². The van der Waals surface area contributed by atoms with Crippen molar-refractivity contribution in [3.63, 3.8) is 0 Å². The lowest BCUT2D eigenvalue weighted by atomic mass is 10.1. The molecule has 4 N–H and O–H groups in total. The van der Waals surface area contributed by atoms with E-state index < -0.39 is 0 Å². The number of benzene rings is 1. The molecule has 98 valence electrons. The topological polar surface area (TPSA) is 86.8 Å². The molecule has 1 aromatic rings. The average Bonchev–Trinajstić information content (AvgIpc) is 2.32. The summed E-state index contributed by atoms with van der Waals surface area (Å²) in [5.41, 5.74) is 5.71. The molecule has 0 unspecified atom stereocenters. The third-order valence-electron chi connectivity index (χ3n) is 2.52. The molecular weight excluding hydrogens is 252 g/mol. The van der Waals surface area contributed by atoms with Crippen LogP contribution >= 0.6 is 12.2 Å². The lowest BCUT2D eigenvalue weighted by Gasteiger charge is -2.20. The lowest BCUT2D eigenvalue weighted by molar-refractivity contribution is 0.0768. The molecule has 0 saturated heterocycles. The van der Waals surface area contributed by atoms with Crippen LogP contribution in [0, 0.1) is 0 Å². The molecule has 0 saturated carbocycles. The number of hydrogen-bond acceptors (Lipinski definition) is 4. The van der Waals surface area contributed by atoms with Crippen LogP contribution in [0.2, 0.25) is 0 Å². The Morgan fingerprint density at radius 3 is 2.56 bits per heavy atom. The van der Waals surface area contributed by atoms with Crippen molar-refractivity contribution in [1.29, 1.82) is 0 Å². The molecule has 0 aliphatic rings. The fraction of sp³-hybridized carbons (Fsp3) is 0.333. The smallest absolute Gasteiger partial charge is 0.253 e. The quantitative estimate of drug-likeness (QED) is 0.552. The number of rotatable bonds is 5. The summed E-state index contributed by atoms with van der Waals surface area (Å²) in [6.07, 6.45) is 0.457. The average molecular weight is 268 g/mol. The van der Waals surface area contributed by atoms with Crippen LogP contribution in [-0.4, -0.2) is 39.1 Å². The van der Waals surface area contributed by atoms with Crippen LogP contribution in [0.3, 0.4) is 0 Å². The SMILES string of the molecule is CCN(CCC(N)=S)C(=O)c1ccc(O)c(O)c1. The fourth-order valence-corrected chi connectivity index (χ4v) is 1.58. The van der Waals surface area contributed by atoms with Crippen LogP contribution in [0.5, 0.6) is 11.5 Å². The van der Waals surface area contributed by atoms with Gasteiger partial charge in [-0.25, -0.2) is 0 Å². The number of hydrogen-bond donors (Lipinski definition) is 3. The molecule has 0 aliphatic carbocycles. The van der Waals surface area contributed by atoms with Gasteiger partial charge >= 0.3 is 0 Å². The summed E-state index contributed by atoms with van der Waals surface area (Å²) in [7, 11) is 0. The Kier molecular flexibility index (Phi) is 4.91. The predicted octanol–water partition coefficient (Wildman–Crippen LogP) is 1.24. The maximum Gasteiger partial charge on any atom is 0.253 e. The van der Waals surface area contributed by atoms with Gasteiger partial charge in [-0.05, 0) is 25.1 Å². The lowest BCUT2D eigenvalue weighted by Crippen LogP contribution is -2.33. The van der Waals surface area contributed by atoms with E-state index in [0.29, 0.717) is 30.1 Å². The van der Waals surface area contributed by atoms with E-state index in [1.54, 1.807) is 4.90 Å². The Morgan fingerprint density at radius 2 is 2.06 bits per heavy atom. The Hall–Kier alpha value is -1.82. The second-order valence-electron chi connectivity index (χ2n) is 3.80. The number of carbonyl (C=O) groups is 1. The van der Waals surface area contributed by atoms with Crippen molar-refractivity contribution in [2.45, 2.75) is 13.3 Å². The highest BCUT2D eigenvalue weighted by Crippen LogP contribution is 2.25. The third-order valence-corrected chi connectivity index (χ3v) is 2.72. The zero-order chi connectivity index (χ0) is 13.7. The van der Waals surface area contributed by atoms with Gasteiger partial charge in [0.05, 0.1) is 4.99 Å². The highest BCUT2D eigenvalue weighted by Gasteiger charge is 2.15. The molecule has 0 spiro atoms. The Morgan fingerprint density at radius 1 is 1.39 bits per heavy atom. The molecule has 0 atom stereocenters. The van der Waals surface area contributed by atoms with Gasteiger partial charge in [-0.15, -0.1) is 0 Å². The van der Waals surface area contributed by atoms with Gasteiger partial charge in [-0.1, -0.05) is 12.2 Å². The highest BCUT2D eigenvalue weighted by molar-refractivity contribution is 7.80. The molecule has 0 fully saturated rings. The largest absolute Gasteiger partial charge is 0.504 e. The minimum Gasteiger partial charge on any atom is -0.504 e. The van der Waals surface area contributed by atoms with E-state index in [0.717, 1.165) is 0 Å². The van der Waals surface area contributed by atoms with Gasteiger partial charge < -0.3 is 20.8 Å². The number of phenolic OH excluding ortho intramolecular Hbond substituents is 2. The van der Waals surface area contributed by atoms with Crippen LogP contribution in [0.4, 0.5) is 0 Å². The van der Waals surface area contributed by atoms with Gasteiger partial charge in [0.25, 0.3) is 5.91 Å². The second-order valence-corrected chi connectivity index (χ2v) is 4.33. The summed E-state index contributed by atoms with van der Waals surface area (Å²) in [6.45, 7) is 2.80. The number of thiocarbonyl (C=S) groups is 1. The minimum absolute atomic E-state index is 0.232. The first-order chi connectivity index (χ1) is 8.45. The van der Waals surface area contributed by atoms with E-state index >= 15 is 0 Å². The van der Waals surface area contributed by atoms with Crippen LogP contribution in [0.15, 0.2) is 18.2 Å². The molecule has 0 radical (unpaired) electrons. The number of phenols is 2. The first kappa shape index (κ1) is 14.2. The third kappa shape index (κ3) is 3.59. The van der Waals surface area contributed by atoms with Crippen LogP contribution < -0.4 is 5.73 Å². The Balaban J connectivity index is 2.82. The number of aromatic hydroxyl groups is 2. The van der Waals surface area contributed by atoms with Crippen molar-refractivity contribution in [1.82, 2.24) is 4.90 Å². The van der Waals surface area contributed by atoms with Gasteiger partial charge in [-0.2, -0.15) is 0 Å². The summed E-state index contributed by atoms with van der Waals surface area (Å²) in [5.74, 6) is -0.798. The number of nitrogens with zero attached hydrogens (tertiary/aromatic N) is 1. The van der Waals surface area contributed by atoms with E-state index in [4.69, 9.17) is 18.0 Å².